The van der Waals surface area contributed by atoms with Gasteiger partial charge in [-0.1, -0.05) is 6.42 Å². The monoisotopic (exact) mass is 278 g/mol. The molecule has 2 aliphatic carbocycles. The molecule has 0 aliphatic heterocycles. The van der Waals surface area contributed by atoms with Crippen molar-refractivity contribution >= 4 is 17.3 Å². The molecule has 108 valence electrons. The summed E-state index contributed by atoms with van der Waals surface area (Å²) in [5, 5.41) is 12.0. The summed E-state index contributed by atoms with van der Waals surface area (Å²) < 4.78 is 13.7. The number of nitrogens with two attached hydrogens (primary N) is 1. The lowest BCUT2D eigenvalue weighted by molar-refractivity contribution is 0.0692. The predicted octanol–water partition coefficient (Wildman–Crippen LogP) is 2.95. The molecule has 3 atom stereocenters. The number of carboxylic acids is 1. The van der Waals surface area contributed by atoms with E-state index in [4.69, 9.17) is 10.8 Å². The predicted molar refractivity (Wildman–Crippen MR) is 75.2 cm³/mol. The normalized spacial score (nSPS) is 27.8. The molecule has 5 heteroatoms. The average molecular weight is 278 g/mol. The van der Waals surface area contributed by atoms with Crippen LogP contribution in [0.1, 0.15) is 36.0 Å². The molecule has 2 saturated carbocycles. The minimum absolute atomic E-state index is 0.284. The van der Waals surface area contributed by atoms with Gasteiger partial charge in [-0.2, -0.15) is 0 Å². The van der Waals surface area contributed by atoms with Crippen LogP contribution in [0, 0.1) is 23.6 Å². The topological polar surface area (TPSA) is 75.4 Å². The van der Waals surface area contributed by atoms with E-state index in [0.29, 0.717) is 11.6 Å². The maximum atomic E-state index is 13.7. The van der Waals surface area contributed by atoms with Crippen LogP contribution in [-0.4, -0.2) is 17.6 Å². The van der Waals surface area contributed by atoms with E-state index in [9.17, 15) is 9.18 Å². The Morgan fingerprint density at radius 3 is 2.80 bits per heavy atom. The fourth-order valence-electron chi connectivity index (χ4n) is 3.77. The van der Waals surface area contributed by atoms with Crippen LogP contribution < -0.4 is 11.1 Å². The van der Waals surface area contributed by atoms with Crippen LogP contribution in [0.15, 0.2) is 12.1 Å². The maximum Gasteiger partial charge on any atom is 0.338 e. The van der Waals surface area contributed by atoms with E-state index in [1.165, 1.54) is 37.8 Å². The molecular weight excluding hydrogens is 259 g/mol. The zero-order valence-corrected chi connectivity index (χ0v) is 11.2. The fraction of sp³-hybridized carbons (Fsp3) is 0.533. The number of nitrogens with one attached hydrogen (secondary N) is 1. The lowest BCUT2D eigenvalue weighted by Crippen LogP contribution is -2.20. The second kappa shape index (κ2) is 4.96. The van der Waals surface area contributed by atoms with Gasteiger partial charge in [-0.05, 0) is 49.1 Å². The van der Waals surface area contributed by atoms with Crippen LogP contribution in [0.4, 0.5) is 15.8 Å². The van der Waals surface area contributed by atoms with Crippen LogP contribution >= 0.6 is 0 Å². The third-order valence-corrected chi connectivity index (χ3v) is 4.81. The minimum atomic E-state index is -1.30. The lowest BCUT2D eigenvalue weighted by atomic mass is 9.89. The van der Waals surface area contributed by atoms with Crippen molar-refractivity contribution in [2.75, 3.05) is 17.6 Å². The second-order valence-corrected chi connectivity index (χ2v) is 6.04. The number of carboxylic acid groups (broad SMARTS) is 1. The zero-order valence-electron chi connectivity index (χ0n) is 11.2. The molecular formula is C15H19FN2O2. The summed E-state index contributed by atoms with van der Waals surface area (Å²) in [5.74, 6) is 0.249. The van der Waals surface area contributed by atoms with Gasteiger partial charge in [-0.3, -0.25) is 0 Å². The number of nitrogen functional groups attached to an aromatic ring is 1. The molecule has 4 nitrogen and oxygen atoms in total. The number of fused-ring (bicyclic) bond motifs is 2. The van der Waals surface area contributed by atoms with E-state index >= 15 is 0 Å². The summed E-state index contributed by atoms with van der Waals surface area (Å²) in [7, 11) is 0. The Hall–Kier alpha value is -1.78. The highest BCUT2D eigenvalue weighted by Crippen LogP contribution is 2.48. The number of benzene rings is 1. The van der Waals surface area contributed by atoms with Gasteiger partial charge in [0.2, 0.25) is 0 Å². The number of carbonyl (C=O) groups is 1. The first kappa shape index (κ1) is 13.2. The van der Waals surface area contributed by atoms with Crippen molar-refractivity contribution < 1.29 is 14.3 Å². The van der Waals surface area contributed by atoms with E-state index in [-0.39, 0.29) is 11.3 Å². The quantitative estimate of drug-likeness (QED) is 0.740. The van der Waals surface area contributed by atoms with Crippen LogP contribution in [0.25, 0.3) is 0 Å². The SMILES string of the molecule is Nc1cc(C(=O)O)c(F)cc1NCC1CC2CCC1C2. The van der Waals surface area contributed by atoms with Gasteiger partial charge in [0.15, 0.2) is 0 Å². The number of halogens is 1. The van der Waals surface area contributed by atoms with E-state index in [1.54, 1.807) is 0 Å². The molecule has 0 radical (unpaired) electrons. The average Bonchev–Trinajstić information content (AvgIpc) is 3.01. The highest BCUT2D eigenvalue weighted by atomic mass is 19.1. The summed E-state index contributed by atoms with van der Waals surface area (Å²) in [6.07, 6.45) is 5.23. The number of hydrogen-bond donors (Lipinski definition) is 3. The van der Waals surface area contributed by atoms with Crippen LogP contribution in [0.5, 0.6) is 0 Å². The van der Waals surface area contributed by atoms with Gasteiger partial charge in [-0.15, -0.1) is 0 Å². The van der Waals surface area contributed by atoms with Crippen molar-refractivity contribution in [3.05, 3.63) is 23.5 Å². The Balaban J connectivity index is 1.68. The van der Waals surface area contributed by atoms with Crippen molar-refractivity contribution in [3.8, 4) is 0 Å². The second-order valence-electron chi connectivity index (χ2n) is 6.04. The molecule has 3 rings (SSSR count). The molecule has 20 heavy (non-hydrogen) atoms. The number of hydrogen-bond acceptors (Lipinski definition) is 3. The molecule has 3 unspecified atom stereocenters. The highest BCUT2D eigenvalue weighted by Gasteiger charge is 2.39. The summed E-state index contributed by atoms with van der Waals surface area (Å²) in [6.45, 7) is 0.789. The van der Waals surface area contributed by atoms with Gasteiger partial charge < -0.3 is 16.2 Å². The molecule has 0 amide bonds. The first-order valence-corrected chi connectivity index (χ1v) is 7.10. The Bertz CT molecular complexity index is 547. The summed E-state index contributed by atoms with van der Waals surface area (Å²) in [6, 6.07) is 2.37. The Morgan fingerprint density at radius 2 is 2.20 bits per heavy atom. The third kappa shape index (κ3) is 2.32. The Kier molecular flexibility index (Phi) is 3.28. The van der Waals surface area contributed by atoms with E-state index in [0.717, 1.165) is 18.4 Å². The first-order chi connectivity index (χ1) is 9.54. The maximum absolute atomic E-state index is 13.7. The van der Waals surface area contributed by atoms with E-state index in [2.05, 4.69) is 5.32 Å². The molecule has 1 aromatic rings. The van der Waals surface area contributed by atoms with Crippen molar-refractivity contribution in [2.24, 2.45) is 17.8 Å². The van der Waals surface area contributed by atoms with Gasteiger partial charge in [0.1, 0.15) is 5.82 Å². The van der Waals surface area contributed by atoms with Gasteiger partial charge in [0.05, 0.1) is 16.9 Å². The summed E-state index contributed by atoms with van der Waals surface area (Å²) in [4.78, 5) is 10.8. The number of aromatic carboxylic acids is 1. The molecule has 2 bridgehead atoms. The molecule has 2 aliphatic rings. The van der Waals surface area contributed by atoms with Crippen LogP contribution in [0.3, 0.4) is 0 Å². The standard InChI is InChI=1S/C15H19FN2O2/c16-12-6-14(13(17)5-11(12)15(19)20)18-7-10-4-8-1-2-9(10)3-8/h5-6,8-10,18H,1-4,7,17H2,(H,19,20). The molecule has 2 fully saturated rings. The molecule has 4 N–H and O–H groups in total. The van der Waals surface area contributed by atoms with Crippen LogP contribution in [-0.2, 0) is 0 Å². The summed E-state index contributed by atoms with van der Waals surface area (Å²) >= 11 is 0. The number of rotatable bonds is 4. The van der Waals surface area contributed by atoms with Crippen molar-refractivity contribution in [2.45, 2.75) is 25.7 Å². The smallest absolute Gasteiger partial charge is 0.338 e. The van der Waals surface area contributed by atoms with Crippen LogP contribution in [0.2, 0.25) is 0 Å². The third-order valence-electron chi connectivity index (χ3n) is 4.81. The van der Waals surface area contributed by atoms with Gasteiger partial charge in [0.25, 0.3) is 0 Å². The largest absolute Gasteiger partial charge is 0.478 e. The fourth-order valence-corrected chi connectivity index (χ4v) is 3.77. The summed E-state index contributed by atoms with van der Waals surface area (Å²) in [5.41, 5.74) is 6.19. The van der Waals surface area contributed by atoms with E-state index < -0.39 is 11.8 Å². The van der Waals surface area contributed by atoms with Crippen molar-refractivity contribution in [3.63, 3.8) is 0 Å². The Labute approximate surface area is 117 Å². The Morgan fingerprint density at radius 1 is 1.40 bits per heavy atom. The minimum Gasteiger partial charge on any atom is -0.478 e. The lowest BCUT2D eigenvalue weighted by Gasteiger charge is -2.23. The van der Waals surface area contributed by atoms with Gasteiger partial charge in [0, 0.05) is 6.54 Å². The molecule has 0 spiro atoms. The first-order valence-electron chi connectivity index (χ1n) is 7.10. The highest BCUT2D eigenvalue weighted by molar-refractivity contribution is 5.90. The molecule has 0 heterocycles. The molecule has 0 saturated heterocycles. The number of anilines is 2. The van der Waals surface area contributed by atoms with E-state index in [1.807, 2.05) is 0 Å². The van der Waals surface area contributed by atoms with Gasteiger partial charge in [-0.25, -0.2) is 9.18 Å². The molecule has 1 aromatic carbocycles. The van der Waals surface area contributed by atoms with Crippen molar-refractivity contribution in [1.29, 1.82) is 0 Å². The van der Waals surface area contributed by atoms with Crippen molar-refractivity contribution in [1.82, 2.24) is 0 Å². The molecule has 0 aromatic heterocycles. The zero-order chi connectivity index (χ0) is 14.3. The van der Waals surface area contributed by atoms with Gasteiger partial charge >= 0.3 is 5.97 Å².